The highest BCUT2D eigenvalue weighted by molar-refractivity contribution is 7.87. The highest BCUT2D eigenvalue weighted by Crippen LogP contribution is 2.18. The number of benzene rings is 1. The summed E-state index contributed by atoms with van der Waals surface area (Å²) >= 11 is 0. The molecule has 0 fully saturated rings. The van der Waals surface area contributed by atoms with Crippen molar-refractivity contribution in [2.24, 2.45) is 0 Å². The van der Waals surface area contributed by atoms with E-state index in [4.69, 9.17) is 4.18 Å². The summed E-state index contributed by atoms with van der Waals surface area (Å²) in [5.74, 6) is 0.207. The molecule has 0 aliphatic carbocycles. The lowest BCUT2D eigenvalue weighted by Crippen LogP contribution is -2.43. The number of nitrogens with zero attached hydrogens (tertiary/aromatic N) is 2. The molecule has 0 aliphatic rings. The first kappa shape index (κ1) is 19.3. The van der Waals surface area contributed by atoms with Crippen LogP contribution in [0.4, 0.5) is 4.79 Å². The molecule has 0 aliphatic heterocycles. The van der Waals surface area contributed by atoms with Crippen LogP contribution in [0.15, 0.2) is 24.3 Å². The predicted octanol–water partition coefficient (Wildman–Crippen LogP) is 2.70. The predicted molar refractivity (Wildman–Crippen MR) is 90.9 cm³/mol. The second-order valence-corrected chi connectivity index (χ2v) is 7.50. The number of carbonyl (C=O) groups is 1. The fraction of sp³-hybridized carbons (Fsp3) is 0.562. The van der Waals surface area contributed by atoms with Crippen molar-refractivity contribution in [1.29, 1.82) is 0 Å². The summed E-state index contributed by atoms with van der Waals surface area (Å²) in [4.78, 5) is 15.6. The van der Waals surface area contributed by atoms with Crippen molar-refractivity contribution in [2.45, 2.75) is 39.8 Å². The van der Waals surface area contributed by atoms with Crippen molar-refractivity contribution in [2.75, 3.05) is 19.8 Å². The third-order valence-electron chi connectivity index (χ3n) is 3.60. The van der Waals surface area contributed by atoms with Gasteiger partial charge in [-0.2, -0.15) is 8.42 Å². The third-order valence-corrected chi connectivity index (χ3v) is 4.76. The van der Waals surface area contributed by atoms with Gasteiger partial charge >= 0.3 is 16.1 Å². The number of hydrogen-bond acceptors (Lipinski definition) is 4. The molecule has 6 nitrogen and oxygen atoms in total. The fourth-order valence-corrected chi connectivity index (χ4v) is 2.46. The van der Waals surface area contributed by atoms with Gasteiger partial charge in [-0.3, -0.25) is 0 Å². The van der Waals surface area contributed by atoms with Crippen LogP contribution in [-0.2, 0) is 16.7 Å². The Bertz CT molecular complexity index is 611. The van der Waals surface area contributed by atoms with Gasteiger partial charge in [0.25, 0.3) is 0 Å². The van der Waals surface area contributed by atoms with Crippen LogP contribution in [0.2, 0.25) is 0 Å². The molecule has 1 atom stereocenters. The summed E-state index contributed by atoms with van der Waals surface area (Å²) in [6.45, 7) is 6.03. The molecule has 0 N–H and O–H groups in total. The van der Waals surface area contributed by atoms with E-state index in [-0.39, 0.29) is 23.6 Å². The van der Waals surface area contributed by atoms with E-state index in [1.807, 2.05) is 13.8 Å². The van der Waals surface area contributed by atoms with Gasteiger partial charge in [0.1, 0.15) is 5.75 Å². The van der Waals surface area contributed by atoms with Crippen LogP contribution < -0.4 is 4.18 Å². The molecule has 0 aromatic heterocycles. The van der Waals surface area contributed by atoms with E-state index >= 15 is 0 Å². The van der Waals surface area contributed by atoms with E-state index in [1.54, 1.807) is 48.2 Å². The first-order chi connectivity index (χ1) is 10.7. The molecule has 7 heteroatoms. The fourth-order valence-electron chi connectivity index (χ4n) is 1.94. The van der Waals surface area contributed by atoms with Crippen LogP contribution >= 0.6 is 0 Å². The van der Waals surface area contributed by atoms with Crippen LogP contribution in [0.25, 0.3) is 0 Å². The van der Waals surface area contributed by atoms with Crippen molar-refractivity contribution >= 4 is 16.1 Å². The van der Waals surface area contributed by atoms with Gasteiger partial charge in [0.2, 0.25) is 0 Å². The zero-order valence-electron chi connectivity index (χ0n) is 14.4. The molecular weight excluding hydrogens is 316 g/mol. The van der Waals surface area contributed by atoms with E-state index < -0.39 is 10.1 Å². The third kappa shape index (κ3) is 5.74. The molecule has 0 unspecified atom stereocenters. The first-order valence-electron chi connectivity index (χ1n) is 7.69. The molecule has 2 amide bonds. The average Bonchev–Trinajstić information content (AvgIpc) is 2.52. The molecule has 0 saturated heterocycles. The van der Waals surface area contributed by atoms with Crippen molar-refractivity contribution < 1.29 is 17.4 Å². The van der Waals surface area contributed by atoms with Crippen LogP contribution in [0, 0.1) is 0 Å². The van der Waals surface area contributed by atoms with Gasteiger partial charge in [-0.05, 0) is 38.0 Å². The van der Waals surface area contributed by atoms with Gasteiger partial charge < -0.3 is 14.0 Å². The smallest absolute Gasteiger partial charge is 0.320 e. The van der Waals surface area contributed by atoms with E-state index in [2.05, 4.69) is 0 Å². The molecule has 1 aromatic carbocycles. The summed E-state index contributed by atoms with van der Waals surface area (Å²) in [6, 6.07) is 6.83. The van der Waals surface area contributed by atoms with Gasteiger partial charge in [0.15, 0.2) is 0 Å². The van der Waals surface area contributed by atoms with Gasteiger partial charge in [-0.1, -0.05) is 19.1 Å². The molecule has 1 rings (SSSR count). The largest absolute Gasteiger partial charge is 0.382 e. The minimum absolute atomic E-state index is 0.0479. The quantitative estimate of drug-likeness (QED) is 0.715. The SMILES string of the molecule is CC[C@H](C)N(Cc1ccc(OS(=O)(=O)CC)cc1)C(=O)N(C)C. The van der Waals surface area contributed by atoms with Crippen LogP contribution in [0.5, 0.6) is 5.75 Å². The Morgan fingerprint density at radius 1 is 1.17 bits per heavy atom. The molecule has 0 saturated carbocycles. The molecule has 0 bridgehead atoms. The van der Waals surface area contributed by atoms with Gasteiger partial charge in [0, 0.05) is 26.7 Å². The zero-order chi connectivity index (χ0) is 17.6. The Hall–Kier alpha value is -1.76. The summed E-state index contributed by atoms with van der Waals surface area (Å²) < 4.78 is 27.8. The van der Waals surface area contributed by atoms with Crippen molar-refractivity contribution in [3.8, 4) is 5.75 Å². The Kier molecular flexibility index (Phi) is 6.87. The van der Waals surface area contributed by atoms with Crippen molar-refractivity contribution in [1.82, 2.24) is 9.80 Å². The maximum Gasteiger partial charge on any atom is 0.320 e. The zero-order valence-corrected chi connectivity index (χ0v) is 15.3. The minimum Gasteiger partial charge on any atom is -0.382 e. The van der Waals surface area contributed by atoms with E-state index in [1.165, 1.54) is 6.92 Å². The minimum atomic E-state index is -3.52. The molecule has 23 heavy (non-hydrogen) atoms. The number of amides is 2. The van der Waals surface area contributed by atoms with Crippen molar-refractivity contribution in [3.63, 3.8) is 0 Å². The second-order valence-electron chi connectivity index (χ2n) is 5.64. The van der Waals surface area contributed by atoms with Gasteiger partial charge in [-0.25, -0.2) is 4.79 Å². The lowest BCUT2D eigenvalue weighted by Gasteiger charge is -2.31. The first-order valence-corrected chi connectivity index (χ1v) is 9.27. The van der Waals surface area contributed by atoms with Crippen LogP contribution in [0.3, 0.4) is 0 Å². The Morgan fingerprint density at radius 3 is 2.17 bits per heavy atom. The van der Waals surface area contributed by atoms with Crippen LogP contribution in [0.1, 0.15) is 32.8 Å². The highest BCUT2D eigenvalue weighted by atomic mass is 32.2. The standard InChI is InChI=1S/C16H26N2O4S/c1-6-13(3)18(16(19)17(4)5)12-14-8-10-15(11-9-14)22-23(20,21)7-2/h8-11,13H,6-7,12H2,1-5H3/t13-/m0/s1. The Balaban J connectivity index is 2.88. The topological polar surface area (TPSA) is 66.9 Å². The summed E-state index contributed by atoms with van der Waals surface area (Å²) in [7, 11) is -0.0688. The second kappa shape index (κ2) is 8.19. The normalized spacial score (nSPS) is 12.6. The Labute approximate surface area is 139 Å². The summed E-state index contributed by atoms with van der Waals surface area (Å²) in [5, 5.41) is 0. The summed E-state index contributed by atoms with van der Waals surface area (Å²) in [5.41, 5.74) is 0.918. The maximum absolute atomic E-state index is 12.3. The maximum atomic E-state index is 12.3. The van der Waals surface area contributed by atoms with Crippen LogP contribution in [-0.4, -0.2) is 50.1 Å². The van der Waals surface area contributed by atoms with E-state index in [0.29, 0.717) is 6.54 Å². The lowest BCUT2D eigenvalue weighted by atomic mass is 10.1. The lowest BCUT2D eigenvalue weighted by molar-refractivity contribution is 0.148. The number of urea groups is 1. The number of carbonyl (C=O) groups excluding carboxylic acids is 1. The van der Waals surface area contributed by atoms with Gasteiger partial charge in [0.05, 0.1) is 5.75 Å². The average molecular weight is 342 g/mol. The van der Waals surface area contributed by atoms with Gasteiger partial charge in [-0.15, -0.1) is 0 Å². The van der Waals surface area contributed by atoms with E-state index in [0.717, 1.165) is 12.0 Å². The molecule has 130 valence electrons. The van der Waals surface area contributed by atoms with E-state index in [9.17, 15) is 13.2 Å². The molecule has 0 heterocycles. The molecule has 1 aromatic rings. The highest BCUT2D eigenvalue weighted by Gasteiger charge is 2.20. The van der Waals surface area contributed by atoms with Crippen molar-refractivity contribution in [3.05, 3.63) is 29.8 Å². The summed E-state index contributed by atoms with van der Waals surface area (Å²) in [6.07, 6.45) is 0.857. The number of rotatable bonds is 7. The molecular formula is C16H26N2O4S. The Morgan fingerprint density at radius 2 is 1.74 bits per heavy atom. The molecule has 0 spiro atoms. The number of hydrogen-bond donors (Lipinski definition) is 0. The monoisotopic (exact) mass is 342 g/mol. The molecule has 0 radical (unpaired) electrons.